The van der Waals surface area contributed by atoms with Crippen LogP contribution in [0.15, 0.2) is 48.5 Å². The minimum absolute atomic E-state index is 0.0764. The predicted octanol–water partition coefficient (Wildman–Crippen LogP) is 6.34. The summed E-state index contributed by atoms with van der Waals surface area (Å²) in [6, 6.07) is 14.7. The highest BCUT2D eigenvalue weighted by molar-refractivity contribution is 5.98. The van der Waals surface area contributed by atoms with Crippen molar-refractivity contribution in [3.05, 3.63) is 59.7 Å². The Morgan fingerprint density at radius 2 is 0.947 bits per heavy atom. The molecule has 0 aliphatic carbocycles. The van der Waals surface area contributed by atoms with E-state index in [0.717, 1.165) is 37.2 Å². The lowest BCUT2D eigenvalue weighted by Gasteiger charge is -2.26. The molecule has 0 spiro atoms. The van der Waals surface area contributed by atoms with Crippen LogP contribution in [-0.4, -0.2) is 50.0 Å². The summed E-state index contributed by atoms with van der Waals surface area (Å²) in [5, 5.41) is 7.02. The molecule has 0 amide bonds. The third kappa shape index (κ3) is 11.0. The first kappa shape index (κ1) is 31.5. The van der Waals surface area contributed by atoms with Crippen molar-refractivity contribution in [3.8, 4) is 11.5 Å². The van der Waals surface area contributed by atoms with Crippen molar-refractivity contribution < 1.29 is 19.1 Å². The molecule has 0 fully saturated rings. The van der Waals surface area contributed by atoms with Gasteiger partial charge < -0.3 is 20.1 Å². The van der Waals surface area contributed by atoms with E-state index >= 15 is 0 Å². The summed E-state index contributed by atoms with van der Waals surface area (Å²) in [5.74, 6) is 1.50. The van der Waals surface area contributed by atoms with Crippen molar-refractivity contribution in [2.24, 2.45) is 11.8 Å². The minimum Gasteiger partial charge on any atom is -0.497 e. The third-order valence-corrected chi connectivity index (χ3v) is 6.60. The molecule has 2 N–H and O–H groups in total. The van der Waals surface area contributed by atoms with Gasteiger partial charge in [-0.05, 0) is 103 Å². The van der Waals surface area contributed by atoms with Crippen molar-refractivity contribution in [1.29, 1.82) is 0 Å². The van der Waals surface area contributed by atoms with Crippen LogP contribution in [0.25, 0.3) is 0 Å². The second kappa shape index (κ2) is 14.5. The molecule has 0 saturated carbocycles. The largest absolute Gasteiger partial charge is 0.497 e. The standard InChI is InChI=1S/C32H48N2O4/c1-31(2,3)33-21-25(29(35)23-13-17-27(37-7)18-14-23)11-9-10-12-26(22-34-32(4,5)6)30(36)24-15-19-28(38-8)20-16-24/h13-20,25-26,33-34H,9-12,21-22H2,1-8H3/t25-,26-/m1/s1. The van der Waals surface area contributed by atoms with Crippen LogP contribution in [0, 0.1) is 11.8 Å². The number of carbonyl (C=O) groups is 2. The van der Waals surface area contributed by atoms with Gasteiger partial charge in [0.15, 0.2) is 11.6 Å². The maximum Gasteiger partial charge on any atom is 0.167 e. The number of rotatable bonds is 15. The molecule has 0 heterocycles. The van der Waals surface area contributed by atoms with E-state index in [1.807, 2.05) is 48.5 Å². The van der Waals surface area contributed by atoms with Crippen LogP contribution in [0.4, 0.5) is 0 Å². The zero-order valence-electron chi connectivity index (χ0n) is 24.6. The van der Waals surface area contributed by atoms with Crippen LogP contribution >= 0.6 is 0 Å². The Hall–Kier alpha value is -2.70. The Morgan fingerprint density at radius 1 is 0.632 bits per heavy atom. The second-order valence-corrected chi connectivity index (χ2v) is 12.1. The van der Waals surface area contributed by atoms with Crippen molar-refractivity contribution in [1.82, 2.24) is 10.6 Å². The van der Waals surface area contributed by atoms with E-state index in [1.165, 1.54) is 0 Å². The van der Waals surface area contributed by atoms with Gasteiger partial charge in [0.25, 0.3) is 0 Å². The number of unbranched alkanes of at least 4 members (excludes halogenated alkanes) is 1. The minimum atomic E-state index is -0.133. The Balaban J connectivity index is 2.06. The van der Waals surface area contributed by atoms with E-state index < -0.39 is 0 Å². The lowest BCUT2D eigenvalue weighted by Crippen LogP contribution is -2.41. The number of carbonyl (C=O) groups excluding carboxylic acids is 2. The topological polar surface area (TPSA) is 76.7 Å². The first-order chi connectivity index (χ1) is 17.8. The molecule has 0 aliphatic rings. The highest BCUT2D eigenvalue weighted by atomic mass is 16.5. The summed E-state index contributed by atoms with van der Waals surface area (Å²) in [4.78, 5) is 26.8. The Morgan fingerprint density at radius 3 is 1.21 bits per heavy atom. The van der Waals surface area contributed by atoms with Crippen molar-refractivity contribution in [3.63, 3.8) is 0 Å². The molecular weight excluding hydrogens is 476 g/mol. The average Bonchev–Trinajstić information content (AvgIpc) is 2.88. The van der Waals surface area contributed by atoms with Crippen LogP contribution in [-0.2, 0) is 0 Å². The normalized spacial score (nSPS) is 13.6. The quantitative estimate of drug-likeness (QED) is 0.209. The van der Waals surface area contributed by atoms with Gasteiger partial charge in [-0.2, -0.15) is 0 Å². The fourth-order valence-corrected chi connectivity index (χ4v) is 4.27. The number of methoxy groups -OCH3 is 2. The third-order valence-electron chi connectivity index (χ3n) is 6.60. The van der Waals surface area contributed by atoms with E-state index in [-0.39, 0.29) is 34.5 Å². The van der Waals surface area contributed by atoms with Gasteiger partial charge in [-0.3, -0.25) is 9.59 Å². The van der Waals surface area contributed by atoms with E-state index in [2.05, 4.69) is 52.2 Å². The first-order valence-corrected chi connectivity index (χ1v) is 13.7. The molecule has 2 atom stereocenters. The molecule has 0 radical (unpaired) electrons. The fourth-order valence-electron chi connectivity index (χ4n) is 4.27. The van der Waals surface area contributed by atoms with Crippen molar-refractivity contribution in [2.45, 2.75) is 78.3 Å². The Bertz CT molecular complexity index is 918. The molecule has 2 aromatic rings. The zero-order valence-corrected chi connectivity index (χ0v) is 24.6. The summed E-state index contributed by atoms with van der Waals surface area (Å²) >= 11 is 0. The summed E-state index contributed by atoms with van der Waals surface area (Å²) in [6.07, 6.45) is 3.29. The van der Waals surface area contributed by atoms with Gasteiger partial charge in [-0.1, -0.05) is 12.8 Å². The number of hydrogen-bond acceptors (Lipinski definition) is 6. The molecule has 6 nitrogen and oxygen atoms in total. The monoisotopic (exact) mass is 524 g/mol. The van der Waals surface area contributed by atoms with Gasteiger partial charge in [0.2, 0.25) is 0 Å². The SMILES string of the molecule is COc1ccc(C(=O)[C@H](CCCC[C@H](CNC(C)(C)C)C(=O)c2ccc(OC)cc2)CNC(C)(C)C)cc1. The molecule has 6 heteroatoms. The highest BCUT2D eigenvalue weighted by Gasteiger charge is 2.25. The van der Waals surface area contributed by atoms with E-state index in [0.29, 0.717) is 24.2 Å². The summed E-state index contributed by atoms with van der Waals surface area (Å²) in [5.41, 5.74) is 1.25. The van der Waals surface area contributed by atoms with Crippen molar-refractivity contribution >= 4 is 11.6 Å². The van der Waals surface area contributed by atoms with Gasteiger partial charge >= 0.3 is 0 Å². The highest BCUT2D eigenvalue weighted by Crippen LogP contribution is 2.23. The van der Waals surface area contributed by atoms with Gasteiger partial charge in [0.05, 0.1) is 14.2 Å². The first-order valence-electron chi connectivity index (χ1n) is 13.7. The molecule has 2 rings (SSSR count). The maximum atomic E-state index is 13.4. The van der Waals surface area contributed by atoms with E-state index in [4.69, 9.17) is 9.47 Å². The van der Waals surface area contributed by atoms with Gasteiger partial charge in [0.1, 0.15) is 11.5 Å². The lowest BCUT2D eigenvalue weighted by molar-refractivity contribution is 0.0886. The summed E-state index contributed by atoms with van der Waals surface area (Å²) in [6.45, 7) is 13.9. The smallest absolute Gasteiger partial charge is 0.167 e. The second-order valence-electron chi connectivity index (χ2n) is 12.1. The maximum absolute atomic E-state index is 13.4. The number of ketones is 2. The predicted molar refractivity (Wildman–Crippen MR) is 156 cm³/mol. The zero-order chi connectivity index (χ0) is 28.3. The van der Waals surface area contributed by atoms with Gasteiger partial charge in [-0.25, -0.2) is 0 Å². The number of hydrogen-bond donors (Lipinski definition) is 2. The molecule has 2 aromatic carbocycles. The molecule has 0 saturated heterocycles. The summed E-state index contributed by atoms with van der Waals surface area (Å²) in [7, 11) is 3.24. The van der Waals surface area contributed by atoms with Crippen LogP contribution in [0.1, 0.15) is 87.9 Å². The number of benzene rings is 2. The van der Waals surface area contributed by atoms with E-state index in [1.54, 1.807) is 14.2 Å². The lowest BCUT2D eigenvalue weighted by atomic mass is 9.88. The Labute approximate surface area is 229 Å². The average molecular weight is 525 g/mol. The number of nitrogens with one attached hydrogen (secondary N) is 2. The number of ether oxygens (including phenoxy) is 2. The molecular formula is C32H48N2O4. The van der Waals surface area contributed by atoms with Gasteiger partial charge in [0, 0.05) is 47.1 Å². The molecule has 0 unspecified atom stereocenters. The fraction of sp³-hybridized carbons (Fsp3) is 0.562. The molecule has 210 valence electrons. The molecule has 0 bridgehead atoms. The Kier molecular flexibility index (Phi) is 12.0. The van der Waals surface area contributed by atoms with E-state index in [9.17, 15) is 9.59 Å². The summed E-state index contributed by atoms with van der Waals surface area (Å²) < 4.78 is 10.5. The molecule has 0 aliphatic heterocycles. The van der Waals surface area contributed by atoms with Gasteiger partial charge in [-0.15, -0.1) is 0 Å². The molecule has 38 heavy (non-hydrogen) atoms. The number of Topliss-reactive ketones (excluding diaryl/α,β-unsaturated/α-hetero) is 2. The van der Waals surface area contributed by atoms with Crippen molar-refractivity contribution in [2.75, 3.05) is 27.3 Å². The van der Waals surface area contributed by atoms with Crippen LogP contribution in [0.2, 0.25) is 0 Å². The van der Waals surface area contributed by atoms with Crippen LogP contribution < -0.4 is 20.1 Å². The van der Waals surface area contributed by atoms with Crippen LogP contribution in [0.3, 0.4) is 0 Å². The molecule has 0 aromatic heterocycles. The van der Waals surface area contributed by atoms with Crippen LogP contribution in [0.5, 0.6) is 11.5 Å².